The van der Waals surface area contributed by atoms with Crippen LogP contribution in [0.1, 0.15) is 0 Å². The minimum Gasteiger partial charge on any atom is -0.135 e. The Hall–Kier alpha value is -3.17. The molecule has 0 fully saturated rings. The van der Waals surface area contributed by atoms with Crippen LogP contribution in [0.5, 0.6) is 0 Å². The summed E-state index contributed by atoms with van der Waals surface area (Å²) in [5.41, 5.74) is 4.91. The fourth-order valence-electron chi connectivity index (χ4n) is 4.89. The van der Waals surface area contributed by atoms with Gasteiger partial charge in [-0.15, -0.1) is 22.7 Å². The molecule has 0 nitrogen and oxygen atoms in total. The van der Waals surface area contributed by atoms with Gasteiger partial charge in [0.25, 0.3) is 0 Å². The molecule has 0 saturated heterocycles. The third-order valence-electron chi connectivity index (χ3n) is 6.37. The van der Waals surface area contributed by atoms with Crippen LogP contribution in [-0.4, -0.2) is 0 Å². The zero-order valence-electron chi connectivity index (χ0n) is 17.5. The Morgan fingerprint density at radius 1 is 0.424 bits per heavy atom. The molecule has 0 spiro atoms. The van der Waals surface area contributed by atoms with Crippen LogP contribution in [0.3, 0.4) is 0 Å². The Kier molecular flexibility index (Phi) is 4.35. The van der Waals surface area contributed by atoms with Gasteiger partial charge in [-0.2, -0.15) is 0 Å². The van der Waals surface area contributed by atoms with Crippen molar-refractivity contribution in [1.29, 1.82) is 0 Å². The lowest BCUT2D eigenvalue weighted by Crippen LogP contribution is -1.86. The minimum atomic E-state index is 0.760. The molecule has 2 heterocycles. The molecule has 0 saturated carbocycles. The third-order valence-corrected chi connectivity index (χ3v) is 9.05. The molecule has 0 aliphatic heterocycles. The van der Waals surface area contributed by atoms with Crippen LogP contribution in [0, 0.1) is 0 Å². The first-order valence-electron chi connectivity index (χ1n) is 10.9. The number of benzene rings is 5. The normalized spacial score (nSPS) is 11.8. The van der Waals surface area contributed by atoms with E-state index >= 15 is 0 Å². The average Bonchev–Trinajstić information content (AvgIpc) is 3.42. The molecule has 5 aromatic carbocycles. The summed E-state index contributed by atoms with van der Waals surface area (Å²) in [6, 6.07) is 36.9. The molecular weight excluding hydrogens is 460 g/mol. The number of halogens is 1. The Morgan fingerprint density at radius 2 is 0.939 bits per heavy atom. The molecule has 156 valence electrons. The van der Waals surface area contributed by atoms with Gasteiger partial charge in [0, 0.05) is 56.5 Å². The molecule has 7 rings (SSSR count). The van der Waals surface area contributed by atoms with Gasteiger partial charge in [0.1, 0.15) is 0 Å². The number of rotatable bonds is 2. The van der Waals surface area contributed by atoms with E-state index < -0.39 is 0 Å². The zero-order chi connectivity index (χ0) is 21.9. The predicted octanol–water partition coefficient (Wildman–Crippen LogP) is 10.4. The van der Waals surface area contributed by atoms with Gasteiger partial charge in [0.2, 0.25) is 0 Å². The first-order chi connectivity index (χ1) is 16.3. The first-order valence-corrected chi connectivity index (χ1v) is 12.9. The summed E-state index contributed by atoms with van der Waals surface area (Å²) in [6.45, 7) is 0. The van der Waals surface area contributed by atoms with E-state index in [1.807, 2.05) is 28.7 Å². The molecule has 3 heteroatoms. The Balaban J connectivity index is 1.56. The standard InChI is InChI=1S/C30H17ClS2/c31-18-15-16-19(22-9-5-10-23-20-7-1-3-13-27(20)32-29(22)23)26(17-18)25-12-6-11-24-21-8-2-4-14-28(21)33-30(24)25/h1-17H. The van der Waals surface area contributed by atoms with Crippen molar-refractivity contribution in [3.63, 3.8) is 0 Å². The van der Waals surface area contributed by atoms with Crippen molar-refractivity contribution in [2.75, 3.05) is 0 Å². The first kappa shape index (κ1) is 19.3. The van der Waals surface area contributed by atoms with Crippen LogP contribution in [0.25, 0.3) is 62.6 Å². The van der Waals surface area contributed by atoms with Crippen molar-refractivity contribution in [2.45, 2.75) is 0 Å². The van der Waals surface area contributed by atoms with Crippen molar-refractivity contribution in [3.05, 3.63) is 108 Å². The highest BCUT2D eigenvalue weighted by atomic mass is 35.5. The van der Waals surface area contributed by atoms with Crippen LogP contribution < -0.4 is 0 Å². The summed E-state index contributed by atoms with van der Waals surface area (Å²) in [4.78, 5) is 0. The highest BCUT2D eigenvalue weighted by Gasteiger charge is 2.17. The molecular formula is C30H17ClS2. The van der Waals surface area contributed by atoms with Crippen molar-refractivity contribution < 1.29 is 0 Å². The number of fused-ring (bicyclic) bond motifs is 6. The van der Waals surface area contributed by atoms with Crippen LogP contribution in [0.4, 0.5) is 0 Å². The van der Waals surface area contributed by atoms with Crippen LogP contribution in [0.15, 0.2) is 103 Å². The lowest BCUT2D eigenvalue weighted by atomic mass is 9.93. The number of hydrogen-bond donors (Lipinski definition) is 0. The van der Waals surface area contributed by atoms with E-state index in [0.717, 1.165) is 5.02 Å². The summed E-state index contributed by atoms with van der Waals surface area (Å²) in [5.74, 6) is 0. The van der Waals surface area contributed by atoms with E-state index in [4.69, 9.17) is 11.6 Å². The molecule has 0 atom stereocenters. The Morgan fingerprint density at radius 3 is 1.55 bits per heavy atom. The summed E-state index contributed by atoms with van der Waals surface area (Å²) in [7, 11) is 0. The second-order valence-corrected chi connectivity index (χ2v) is 10.8. The zero-order valence-corrected chi connectivity index (χ0v) is 19.9. The molecule has 0 radical (unpaired) electrons. The Bertz CT molecular complexity index is 1840. The monoisotopic (exact) mass is 476 g/mol. The van der Waals surface area contributed by atoms with Gasteiger partial charge in [-0.05, 0) is 35.4 Å². The number of thiophene rings is 2. The van der Waals surface area contributed by atoms with Gasteiger partial charge in [-0.1, -0.05) is 90.5 Å². The predicted molar refractivity (Wildman–Crippen MR) is 148 cm³/mol. The van der Waals surface area contributed by atoms with Crippen molar-refractivity contribution in [1.82, 2.24) is 0 Å². The quantitative estimate of drug-likeness (QED) is 0.233. The highest BCUT2D eigenvalue weighted by Crippen LogP contribution is 2.46. The van der Waals surface area contributed by atoms with Crippen molar-refractivity contribution >= 4 is 74.6 Å². The molecule has 0 aliphatic carbocycles. The highest BCUT2D eigenvalue weighted by molar-refractivity contribution is 7.26. The molecule has 2 aromatic heterocycles. The second kappa shape index (κ2) is 7.43. The maximum absolute atomic E-state index is 6.57. The smallest absolute Gasteiger partial charge is 0.0434 e. The molecule has 0 N–H and O–H groups in total. The molecule has 0 unspecified atom stereocenters. The lowest BCUT2D eigenvalue weighted by Gasteiger charge is -2.13. The van der Waals surface area contributed by atoms with Crippen LogP contribution in [0.2, 0.25) is 5.02 Å². The fourth-order valence-corrected chi connectivity index (χ4v) is 7.53. The summed E-state index contributed by atoms with van der Waals surface area (Å²) in [6.07, 6.45) is 0. The van der Waals surface area contributed by atoms with Crippen molar-refractivity contribution in [3.8, 4) is 22.3 Å². The SMILES string of the molecule is Clc1ccc(-c2cccc3c2sc2ccccc23)c(-c2cccc3c2sc2ccccc23)c1. The summed E-state index contributed by atoms with van der Waals surface area (Å²) in [5, 5.41) is 6.01. The van der Waals surface area contributed by atoms with Gasteiger partial charge in [-0.3, -0.25) is 0 Å². The molecule has 33 heavy (non-hydrogen) atoms. The van der Waals surface area contributed by atoms with Gasteiger partial charge in [0.15, 0.2) is 0 Å². The molecule has 7 aromatic rings. The molecule has 0 aliphatic rings. The van der Waals surface area contributed by atoms with Crippen LogP contribution in [-0.2, 0) is 0 Å². The van der Waals surface area contributed by atoms with E-state index in [9.17, 15) is 0 Å². The topological polar surface area (TPSA) is 0 Å². The average molecular weight is 477 g/mol. The Labute approximate surface area is 204 Å². The molecule has 0 amide bonds. The van der Waals surface area contributed by atoms with E-state index in [1.54, 1.807) is 0 Å². The maximum Gasteiger partial charge on any atom is 0.0434 e. The van der Waals surface area contributed by atoms with Crippen molar-refractivity contribution in [2.24, 2.45) is 0 Å². The van der Waals surface area contributed by atoms with Gasteiger partial charge in [-0.25, -0.2) is 0 Å². The molecule has 0 bridgehead atoms. The fraction of sp³-hybridized carbons (Fsp3) is 0. The van der Waals surface area contributed by atoms with E-state index in [2.05, 4.69) is 97.1 Å². The second-order valence-electron chi connectivity index (χ2n) is 8.25. The maximum atomic E-state index is 6.57. The van der Waals surface area contributed by atoms with Gasteiger partial charge >= 0.3 is 0 Å². The van der Waals surface area contributed by atoms with Crippen LogP contribution >= 0.6 is 34.3 Å². The summed E-state index contributed by atoms with van der Waals surface area (Å²) >= 11 is 10.3. The van der Waals surface area contributed by atoms with E-state index in [-0.39, 0.29) is 0 Å². The third kappa shape index (κ3) is 2.95. The van der Waals surface area contributed by atoms with Gasteiger partial charge in [0.05, 0.1) is 0 Å². The lowest BCUT2D eigenvalue weighted by molar-refractivity contribution is 1.64. The van der Waals surface area contributed by atoms with E-state index in [1.165, 1.54) is 62.6 Å². The number of hydrogen-bond acceptors (Lipinski definition) is 2. The summed E-state index contributed by atoms with van der Waals surface area (Å²) < 4.78 is 5.27. The van der Waals surface area contributed by atoms with Gasteiger partial charge < -0.3 is 0 Å². The van der Waals surface area contributed by atoms with E-state index in [0.29, 0.717) is 0 Å². The minimum absolute atomic E-state index is 0.760. The largest absolute Gasteiger partial charge is 0.135 e.